The summed E-state index contributed by atoms with van der Waals surface area (Å²) in [7, 11) is 0. The molecule has 2 amide bonds. The minimum absolute atomic E-state index is 0.0323. The van der Waals surface area contributed by atoms with Gasteiger partial charge in [0.25, 0.3) is 5.91 Å². The lowest BCUT2D eigenvalue weighted by molar-refractivity contribution is -0.129. The van der Waals surface area contributed by atoms with Crippen molar-refractivity contribution in [3.8, 4) is 5.75 Å². The summed E-state index contributed by atoms with van der Waals surface area (Å²) < 4.78 is 5.42. The molecule has 1 aliphatic rings. The van der Waals surface area contributed by atoms with Crippen LogP contribution in [0.5, 0.6) is 5.75 Å². The van der Waals surface area contributed by atoms with Crippen LogP contribution in [-0.2, 0) is 9.59 Å². The molecule has 1 saturated heterocycles. The van der Waals surface area contributed by atoms with E-state index in [4.69, 9.17) is 4.74 Å². The fraction of sp³-hybridized carbons (Fsp3) is 0.500. The summed E-state index contributed by atoms with van der Waals surface area (Å²) in [6.07, 6.45) is 0.369. The molecule has 114 valence electrons. The molecule has 1 aliphatic heterocycles. The topological polar surface area (TPSA) is 58.6 Å². The molecule has 1 aromatic carbocycles. The molecule has 0 aliphatic carbocycles. The number of carbonyl (C=O) groups excluding carboxylic acids is 2. The largest absolute Gasteiger partial charge is 0.484 e. The molecule has 5 heteroatoms. The van der Waals surface area contributed by atoms with Crippen molar-refractivity contribution >= 4 is 11.8 Å². The van der Waals surface area contributed by atoms with Crippen LogP contribution in [0.4, 0.5) is 0 Å². The van der Waals surface area contributed by atoms with Gasteiger partial charge in [-0.3, -0.25) is 9.59 Å². The van der Waals surface area contributed by atoms with E-state index in [0.717, 1.165) is 5.56 Å². The standard InChI is InChI=1S/C16H22N2O3/c1-11(2)18-9-13(8-16(18)20)17-15(19)10-21-14-6-4-12(3)5-7-14/h4-7,11,13H,8-10H2,1-3H3,(H,17,19). The molecule has 0 bridgehead atoms. The van der Waals surface area contributed by atoms with E-state index >= 15 is 0 Å². The van der Waals surface area contributed by atoms with Gasteiger partial charge < -0.3 is 15.0 Å². The third-order valence-electron chi connectivity index (χ3n) is 3.54. The summed E-state index contributed by atoms with van der Waals surface area (Å²) >= 11 is 0. The van der Waals surface area contributed by atoms with E-state index in [9.17, 15) is 9.59 Å². The van der Waals surface area contributed by atoms with Crippen molar-refractivity contribution in [1.82, 2.24) is 10.2 Å². The van der Waals surface area contributed by atoms with Crippen molar-refractivity contribution in [2.75, 3.05) is 13.2 Å². The summed E-state index contributed by atoms with van der Waals surface area (Å²) in [6.45, 7) is 6.49. The molecule has 1 N–H and O–H groups in total. The molecule has 5 nitrogen and oxygen atoms in total. The number of ether oxygens (including phenoxy) is 1. The predicted molar refractivity (Wildman–Crippen MR) is 80.1 cm³/mol. The summed E-state index contributed by atoms with van der Waals surface area (Å²) in [6, 6.07) is 7.59. The highest BCUT2D eigenvalue weighted by molar-refractivity contribution is 5.82. The third-order valence-corrected chi connectivity index (χ3v) is 3.54. The zero-order chi connectivity index (χ0) is 15.4. The second kappa shape index (κ2) is 6.61. The zero-order valence-electron chi connectivity index (χ0n) is 12.8. The normalized spacial score (nSPS) is 18.2. The van der Waals surface area contributed by atoms with E-state index in [2.05, 4.69) is 5.32 Å². The number of carbonyl (C=O) groups is 2. The monoisotopic (exact) mass is 290 g/mol. The number of rotatable bonds is 5. The predicted octanol–water partition coefficient (Wildman–Crippen LogP) is 1.50. The smallest absolute Gasteiger partial charge is 0.258 e. The van der Waals surface area contributed by atoms with Crippen LogP contribution in [0.15, 0.2) is 24.3 Å². The Morgan fingerprint density at radius 1 is 1.38 bits per heavy atom. The third kappa shape index (κ3) is 4.21. The molecule has 1 unspecified atom stereocenters. The van der Waals surface area contributed by atoms with Crippen molar-refractivity contribution in [3.05, 3.63) is 29.8 Å². The lowest BCUT2D eigenvalue weighted by Crippen LogP contribution is -2.40. The quantitative estimate of drug-likeness (QED) is 0.894. The van der Waals surface area contributed by atoms with Crippen molar-refractivity contribution in [2.24, 2.45) is 0 Å². The maximum absolute atomic E-state index is 11.9. The van der Waals surface area contributed by atoms with Gasteiger partial charge in [0.2, 0.25) is 5.91 Å². The molecule has 0 saturated carbocycles. The minimum Gasteiger partial charge on any atom is -0.484 e. The summed E-state index contributed by atoms with van der Waals surface area (Å²) in [5.41, 5.74) is 1.14. The minimum atomic E-state index is -0.195. The molecule has 1 heterocycles. The average molecular weight is 290 g/mol. The first-order valence-corrected chi connectivity index (χ1v) is 7.24. The number of hydrogen-bond donors (Lipinski definition) is 1. The van der Waals surface area contributed by atoms with Crippen molar-refractivity contribution in [1.29, 1.82) is 0 Å². The van der Waals surface area contributed by atoms with Gasteiger partial charge in [-0.05, 0) is 32.9 Å². The molecule has 21 heavy (non-hydrogen) atoms. The van der Waals surface area contributed by atoms with Crippen LogP contribution in [0, 0.1) is 6.92 Å². The van der Waals surface area contributed by atoms with Gasteiger partial charge in [0, 0.05) is 19.0 Å². The first-order valence-electron chi connectivity index (χ1n) is 7.24. The van der Waals surface area contributed by atoms with E-state index in [1.807, 2.05) is 45.0 Å². The molecule has 0 radical (unpaired) electrons. The van der Waals surface area contributed by atoms with Gasteiger partial charge in [0.15, 0.2) is 6.61 Å². The Morgan fingerprint density at radius 3 is 2.62 bits per heavy atom. The number of nitrogens with zero attached hydrogens (tertiary/aromatic N) is 1. The van der Waals surface area contributed by atoms with Crippen LogP contribution in [0.3, 0.4) is 0 Å². The van der Waals surface area contributed by atoms with Crippen LogP contribution in [0.1, 0.15) is 25.8 Å². The van der Waals surface area contributed by atoms with Crippen LogP contribution in [0.2, 0.25) is 0 Å². The first kappa shape index (κ1) is 15.4. The Morgan fingerprint density at radius 2 is 2.05 bits per heavy atom. The summed E-state index contributed by atoms with van der Waals surface area (Å²) in [4.78, 5) is 25.4. The fourth-order valence-electron chi connectivity index (χ4n) is 2.38. The highest BCUT2D eigenvalue weighted by Gasteiger charge is 2.31. The van der Waals surface area contributed by atoms with E-state index in [0.29, 0.717) is 18.7 Å². The zero-order valence-corrected chi connectivity index (χ0v) is 12.8. The van der Waals surface area contributed by atoms with Crippen molar-refractivity contribution in [3.63, 3.8) is 0 Å². The Kier molecular flexibility index (Phi) is 4.83. The number of amides is 2. The van der Waals surface area contributed by atoms with Gasteiger partial charge in [0.05, 0.1) is 6.04 Å². The Bertz CT molecular complexity index is 511. The molecule has 2 rings (SSSR count). The maximum atomic E-state index is 11.9. The molecule has 0 aromatic heterocycles. The maximum Gasteiger partial charge on any atom is 0.258 e. The van der Waals surface area contributed by atoms with Crippen molar-refractivity contribution < 1.29 is 14.3 Å². The molecular formula is C16H22N2O3. The molecule has 1 atom stereocenters. The Balaban J connectivity index is 1.77. The van der Waals surface area contributed by atoms with Crippen molar-refractivity contribution in [2.45, 2.75) is 39.3 Å². The number of hydrogen-bond acceptors (Lipinski definition) is 3. The molecular weight excluding hydrogens is 268 g/mol. The van der Waals surface area contributed by atoms with Crippen LogP contribution >= 0.6 is 0 Å². The average Bonchev–Trinajstić information content (AvgIpc) is 2.79. The number of aryl methyl sites for hydroxylation is 1. The molecule has 0 spiro atoms. The first-order chi connectivity index (χ1) is 9.95. The van der Waals surface area contributed by atoms with Gasteiger partial charge in [0.1, 0.15) is 5.75 Å². The Labute approximate surface area is 125 Å². The van der Waals surface area contributed by atoms with Crippen LogP contribution < -0.4 is 10.1 Å². The van der Waals surface area contributed by atoms with Crippen LogP contribution in [-0.4, -0.2) is 41.9 Å². The van der Waals surface area contributed by atoms with Gasteiger partial charge in [-0.2, -0.15) is 0 Å². The van der Waals surface area contributed by atoms with E-state index in [-0.39, 0.29) is 30.5 Å². The molecule has 1 aromatic rings. The van der Waals surface area contributed by atoms with E-state index < -0.39 is 0 Å². The van der Waals surface area contributed by atoms with Crippen LogP contribution in [0.25, 0.3) is 0 Å². The van der Waals surface area contributed by atoms with Gasteiger partial charge in [-0.25, -0.2) is 0 Å². The number of benzene rings is 1. The second-order valence-corrected chi connectivity index (χ2v) is 5.71. The number of likely N-dealkylation sites (tertiary alicyclic amines) is 1. The lowest BCUT2D eigenvalue weighted by Gasteiger charge is -2.21. The summed E-state index contributed by atoms with van der Waals surface area (Å²) in [5.74, 6) is 0.566. The molecule has 1 fully saturated rings. The van der Waals surface area contributed by atoms with Gasteiger partial charge >= 0.3 is 0 Å². The van der Waals surface area contributed by atoms with E-state index in [1.54, 1.807) is 4.90 Å². The second-order valence-electron chi connectivity index (χ2n) is 5.71. The highest BCUT2D eigenvalue weighted by Crippen LogP contribution is 2.14. The lowest BCUT2D eigenvalue weighted by atomic mass is 10.2. The fourth-order valence-corrected chi connectivity index (χ4v) is 2.38. The SMILES string of the molecule is Cc1ccc(OCC(=O)NC2CC(=O)N(C(C)C)C2)cc1. The van der Waals surface area contributed by atoms with Gasteiger partial charge in [-0.1, -0.05) is 17.7 Å². The highest BCUT2D eigenvalue weighted by atomic mass is 16.5. The van der Waals surface area contributed by atoms with Gasteiger partial charge in [-0.15, -0.1) is 0 Å². The summed E-state index contributed by atoms with van der Waals surface area (Å²) in [5, 5.41) is 2.85. The number of nitrogens with one attached hydrogen (secondary N) is 1. The Hall–Kier alpha value is -2.04. The van der Waals surface area contributed by atoms with E-state index in [1.165, 1.54) is 0 Å².